The van der Waals surface area contributed by atoms with E-state index in [0.29, 0.717) is 41.2 Å². The zero-order chi connectivity index (χ0) is 20.9. The molecule has 0 aromatic rings. The summed E-state index contributed by atoms with van der Waals surface area (Å²) in [4.78, 5) is 13.2. The Kier molecular flexibility index (Phi) is 5.73. The van der Waals surface area contributed by atoms with E-state index in [4.69, 9.17) is 11.6 Å². The molecule has 0 aromatic heterocycles. The minimum Gasteiger partial charge on any atom is -0.403 e. The molecule has 9 unspecified atom stereocenters. The van der Waals surface area contributed by atoms with Crippen LogP contribution in [0.3, 0.4) is 0 Å². The first-order chi connectivity index (χ1) is 13.8. The van der Waals surface area contributed by atoms with Gasteiger partial charge in [-0.05, 0) is 92.8 Å². The summed E-state index contributed by atoms with van der Waals surface area (Å²) in [5.41, 5.74) is 6.27. The van der Waals surface area contributed by atoms with Crippen molar-refractivity contribution in [2.75, 3.05) is 6.54 Å². The van der Waals surface area contributed by atoms with Crippen molar-refractivity contribution < 1.29 is 9.18 Å². The number of ketones is 1. The standard InChI is InChI=1S/C24H40FN3O/c1-14-4-5-16-17-8-9-24(3)20(18(17)11-22(25)19(16)10-14)6-7-21(24)23(29)13-28(27)15(2)12-26/h12,14,16-22H,4-11,13,26-27H2,1-3H3/b15-12-. The number of rotatable bonds is 4. The number of Topliss-reactive ketones (excluding diaryl/α,β-unsaturated/α-hetero) is 1. The van der Waals surface area contributed by atoms with E-state index < -0.39 is 6.17 Å². The van der Waals surface area contributed by atoms with Crippen LogP contribution in [0.15, 0.2) is 11.9 Å². The van der Waals surface area contributed by atoms with Gasteiger partial charge in [0.1, 0.15) is 6.17 Å². The molecule has 0 aromatic carbocycles. The van der Waals surface area contributed by atoms with Crippen molar-refractivity contribution in [3.05, 3.63) is 11.9 Å². The molecule has 4 rings (SSSR count). The summed E-state index contributed by atoms with van der Waals surface area (Å²) in [6.45, 7) is 6.65. The van der Waals surface area contributed by atoms with Crippen molar-refractivity contribution >= 4 is 5.78 Å². The Balaban J connectivity index is 1.50. The Hall–Kier alpha value is -1.10. The second-order valence-electron chi connectivity index (χ2n) is 11.0. The van der Waals surface area contributed by atoms with Gasteiger partial charge in [0.15, 0.2) is 5.78 Å². The monoisotopic (exact) mass is 405 g/mol. The zero-order valence-electron chi connectivity index (χ0n) is 18.4. The fourth-order valence-electron chi connectivity index (χ4n) is 8.05. The maximum atomic E-state index is 15.3. The maximum Gasteiger partial charge on any atom is 0.157 e. The molecule has 0 aliphatic heterocycles. The lowest BCUT2D eigenvalue weighted by atomic mass is 9.49. The van der Waals surface area contributed by atoms with Gasteiger partial charge in [0, 0.05) is 17.8 Å². The molecule has 164 valence electrons. The summed E-state index contributed by atoms with van der Waals surface area (Å²) in [5.74, 6) is 9.50. The number of carbonyl (C=O) groups excluding carboxylic acids is 1. The Morgan fingerprint density at radius 3 is 2.55 bits per heavy atom. The van der Waals surface area contributed by atoms with Gasteiger partial charge in [-0.25, -0.2) is 10.2 Å². The summed E-state index contributed by atoms with van der Waals surface area (Å²) in [7, 11) is 0. The van der Waals surface area contributed by atoms with E-state index in [1.807, 2.05) is 6.92 Å². The number of hydrazine groups is 1. The third kappa shape index (κ3) is 3.51. The topological polar surface area (TPSA) is 72.3 Å². The van der Waals surface area contributed by atoms with Crippen LogP contribution >= 0.6 is 0 Å². The number of fused-ring (bicyclic) bond motifs is 5. The molecule has 4 saturated carbocycles. The van der Waals surface area contributed by atoms with Crippen LogP contribution in [0.25, 0.3) is 0 Å². The molecule has 4 aliphatic rings. The first-order valence-corrected chi connectivity index (χ1v) is 11.8. The highest BCUT2D eigenvalue weighted by molar-refractivity contribution is 5.84. The van der Waals surface area contributed by atoms with Crippen molar-refractivity contribution in [3.8, 4) is 0 Å². The molecule has 9 atom stereocenters. The lowest BCUT2D eigenvalue weighted by Crippen LogP contribution is -2.52. The Labute approximate surface area is 175 Å². The lowest BCUT2D eigenvalue weighted by Gasteiger charge is -2.57. The normalized spacial score (nSPS) is 47.1. The number of halogens is 1. The van der Waals surface area contributed by atoms with Crippen LogP contribution in [0.1, 0.15) is 72.1 Å². The van der Waals surface area contributed by atoms with E-state index in [2.05, 4.69) is 13.8 Å². The Morgan fingerprint density at radius 1 is 1.10 bits per heavy atom. The third-order valence-corrected chi connectivity index (χ3v) is 9.63. The summed E-state index contributed by atoms with van der Waals surface area (Å²) < 4.78 is 15.3. The summed E-state index contributed by atoms with van der Waals surface area (Å²) in [6, 6.07) is 0. The van der Waals surface area contributed by atoms with Crippen LogP contribution < -0.4 is 11.6 Å². The number of nitrogens with two attached hydrogens (primary N) is 2. The van der Waals surface area contributed by atoms with Crippen molar-refractivity contribution in [2.24, 2.45) is 58.4 Å². The number of hydrogen-bond acceptors (Lipinski definition) is 4. The fourth-order valence-corrected chi connectivity index (χ4v) is 8.05. The second kappa shape index (κ2) is 7.86. The third-order valence-electron chi connectivity index (χ3n) is 9.63. The van der Waals surface area contributed by atoms with Crippen LogP contribution in [0.5, 0.6) is 0 Å². The predicted molar refractivity (Wildman–Crippen MR) is 114 cm³/mol. The van der Waals surface area contributed by atoms with E-state index in [9.17, 15) is 4.79 Å². The largest absolute Gasteiger partial charge is 0.403 e. The van der Waals surface area contributed by atoms with Crippen LogP contribution in [0.4, 0.5) is 4.39 Å². The molecule has 29 heavy (non-hydrogen) atoms. The van der Waals surface area contributed by atoms with Crippen molar-refractivity contribution in [1.82, 2.24) is 5.01 Å². The molecule has 0 bridgehead atoms. The minimum atomic E-state index is -0.641. The van der Waals surface area contributed by atoms with Crippen molar-refractivity contribution in [1.29, 1.82) is 0 Å². The maximum absolute atomic E-state index is 15.3. The summed E-state index contributed by atoms with van der Waals surface area (Å²) >= 11 is 0. The molecular formula is C24H40FN3O. The quantitative estimate of drug-likeness (QED) is 0.537. The molecule has 4 fully saturated rings. The number of carbonyl (C=O) groups is 1. The van der Waals surface area contributed by atoms with Crippen LogP contribution in [-0.2, 0) is 4.79 Å². The number of alkyl halides is 1. The number of nitrogens with zero attached hydrogens (tertiary/aromatic N) is 1. The van der Waals surface area contributed by atoms with Gasteiger partial charge in [-0.3, -0.25) is 4.79 Å². The van der Waals surface area contributed by atoms with Gasteiger partial charge in [-0.1, -0.05) is 20.3 Å². The highest BCUT2D eigenvalue weighted by Gasteiger charge is 2.59. The van der Waals surface area contributed by atoms with Gasteiger partial charge in [0.25, 0.3) is 0 Å². The fraction of sp³-hybridized carbons (Fsp3) is 0.875. The highest BCUT2D eigenvalue weighted by Crippen LogP contribution is 2.64. The minimum absolute atomic E-state index is 0.00788. The first kappa shape index (κ1) is 21.1. The molecule has 0 amide bonds. The first-order valence-electron chi connectivity index (χ1n) is 11.8. The second-order valence-corrected chi connectivity index (χ2v) is 11.0. The smallest absolute Gasteiger partial charge is 0.157 e. The number of allylic oxidation sites excluding steroid dienone is 1. The van der Waals surface area contributed by atoms with E-state index in [-0.39, 0.29) is 23.7 Å². The van der Waals surface area contributed by atoms with Gasteiger partial charge < -0.3 is 10.7 Å². The molecule has 0 spiro atoms. The van der Waals surface area contributed by atoms with E-state index in [0.717, 1.165) is 32.1 Å². The predicted octanol–water partition coefficient (Wildman–Crippen LogP) is 4.40. The molecule has 4 nitrogen and oxygen atoms in total. The molecule has 4 aliphatic carbocycles. The summed E-state index contributed by atoms with van der Waals surface area (Å²) in [6.07, 6.45) is 9.40. The SMILES string of the molecule is C/C(=C/N)N(N)CC(=O)C1CCC2C3CC(F)C4CC(C)CCC4C3CCC12C. The van der Waals surface area contributed by atoms with Gasteiger partial charge in [0.2, 0.25) is 0 Å². The van der Waals surface area contributed by atoms with Crippen molar-refractivity contribution in [2.45, 2.75) is 78.3 Å². The molecular weight excluding hydrogens is 365 g/mol. The van der Waals surface area contributed by atoms with Crippen LogP contribution in [0, 0.1) is 46.8 Å². The lowest BCUT2D eigenvalue weighted by molar-refractivity contribution is -0.133. The van der Waals surface area contributed by atoms with Gasteiger partial charge in [-0.2, -0.15) is 0 Å². The average molecular weight is 406 g/mol. The van der Waals surface area contributed by atoms with E-state index in [1.54, 1.807) is 0 Å². The Bertz CT molecular complexity index is 667. The Morgan fingerprint density at radius 2 is 1.83 bits per heavy atom. The molecule has 5 heteroatoms. The molecule has 0 saturated heterocycles. The highest BCUT2D eigenvalue weighted by atomic mass is 19.1. The molecule has 0 heterocycles. The van der Waals surface area contributed by atoms with Crippen molar-refractivity contribution in [3.63, 3.8) is 0 Å². The van der Waals surface area contributed by atoms with Gasteiger partial charge >= 0.3 is 0 Å². The van der Waals surface area contributed by atoms with Crippen LogP contribution in [-0.4, -0.2) is 23.5 Å². The van der Waals surface area contributed by atoms with Gasteiger partial charge in [0.05, 0.1) is 6.54 Å². The van der Waals surface area contributed by atoms with E-state index in [1.165, 1.54) is 30.5 Å². The van der Waals surface area contributed by atoms with Crippen LogP contribution in [0.2, 0.25) is 0 Å². The average Bonchev–Trinajstić information content (AvgIpc) is 3.05. The number of hydrogen-bond donors (Lipinski definition) is 2. The zero-order valence-corrected chi connectivity index (χ0v) is 18.4. The van der Waals surface area contributed by atoms with Gasteiger partial charge in [-0.15, -0.1) is 0 Å². The molecule has 4 N–H and O–H groups in total. The summed E-state index contributed by atoms with van der Waals surface area (Å²) in [5, 5.41) is 1.47. The molecule has 0 radical (unpaired) electrons. The van der Waals surface area contributed by atoms with E-state index >= 15 is 4.39 Å².